The first kappa shape index (κ1) is 18.1. The zero-order valence-electron chi connectivity index (χ0n) is 13.2. The molecular weight excluding hydrogens is 374 g/mol. The van der Waals surface area contributed by atoms with Gasteiger partial charge in [0.05, 0.1) is 5.69 Å². The molecule has 2 aromatic rings. The zero-order valence-corrected chi connectivity index (χ0v) is 14.8. The van der Waals surface area contributed by atoms with E-state index in [1.165, 1.54) is 0 Å². The number of nitrogens with zero attached hydrogens (tertiary/aromatic N) is 1. The molecule has 1 aromatic carbocycles. The summed E-state index contributed by atoms with van der Waals surface area (Å²) in [7, 11) is 1.61. The van der Waals surface area contributed by atoms with Gasteiger partial charge in [-0.1, -0.05) is 18.2 Å². The molecule has 0 aliphatic heterocycles. The van der Waals surface area contributed by atoms with E-state index in [0.29, 0.717) is 25.3 Å². The number of hydrogen-bond acceptors (Lipinski definition) is 4. The molecule has 1 heterocycles. The molecule has 0 fully saturated rings. The Morgan fingerprint density at radius 1 is 1.08 bits per heavy atom. The van der Waals surface area contributed by atoms with Gasteiger partial charge in [0.25, 0.3) is 11.8 Å². The number of carbonyl (C=O) groups excluding carboxylic acids is 2. The van der Waals surface area contributed by atoms with Crippen molar-refractivity contribution in [2.75, 3.05) is 25.6 Å². The smallest absolute Gasteiger partial charge is 0.274 e. The van der Waals surface area contributed by atoms with E-state index in [9.17, 15) is 9.59 Å². The zero-order chi connectivity index (χ0) is 17.4. The number of hydrogen-bond donors (Lipinski definition) is 2. The number of pyridine rings is 1. The van der Waals surface area contributed by atoms with Gasteiger partial charge in [-0.15, -0.1) is 0 Å². The third-order valence-electron chi connectivity index (χ3n) is 3.15. The van der Waals surface area contributed by atoms with Crippen LogP contribution in [0.4, 0.5) is 5.69 Å². The van der Waals surface area contributed by atoms with E-state index in [1.54, 1.807) is 31.4 Å². The highest BCUT2D eigenvalue weighted by atomic mass is 79.9. The average molecular weight is 392 g/mol. The SMILES string of the molecule is COCCCNC(=O)c1cccc(C(=O)Nc2ccccc2Br)n1. The first-order valence-electron chi connectivity index (χ1n) is 7.42. The summed E-state index contributed by atoms with van der Waals surface area (Å²) in [5.41, 5.74) is 1.02. The number of halogens is 1. The Morgan fingerprint density at radius 3 is 2.50 bits per heavy atom. The Hall–Kier alpha value is -2.25. The summed E-state index contributed by atoms with van der Waals surface area (Å²) >= 11 is 3.37. The van der Waals surface area contributed by atoms with Crippen LogP contribution in [-0.4, -0.2) is 37.1 Å². The third kappa shape index (κ3) is 5.14. The highest BCUT2D eigenvalue weighted by molar-refractivity contribution is 9.10. The van der Waals surface area contributed by atoms with E-state index in [-0.39, 0.29) is 23.2 Å². The molecule has 2 N–H and O–H groups in total. The summed E-state index contributed by atoms with van der Waals surface area (Å²) in [4.78, 5) is 28.5. The molecule has 0 spiro atoms. The van der Waals surface area contributed by atoms with Gasteiger partial charge in [0, 0.05) is 24.7 Å². The molecular formula is C17H18BrN3O3. The summed E-state index contributed by atoms with van der Waals surface area (Å²) in [5.74, 6) is -0.697. The number of nitrogens with one attached hydrogen (secondary N) is 2. The predicted octanol–water partition coefficient (Wildman–Crippen LogP) is 2.86. The third-order valence-corrected chi connectivity index (χ3v) is 3.84. The Bertz CT molecular complexity index is 722. The van der Waals surface area contributed by atoms with Gasteiger partial charge in [0.1, 0.15) is 11.4 Å². The summed E-state index contributed by atoms with van der Waals surface area (Å²) < 4.78 is 5.69. The fraction of sp³-hybridized carbons (Fsp3) is 0.235. The lowest BCUT2D eigenvalue weighted by molar-refractivity contribution is 0.0943. The number of ether oxygens (including phenoxy) is 1. The minimum absolute atomic E-state index is 0.176. The van der Waals surface area contributed by atoms with Crippen LogP contribution in [0.1, 0.15) is 27.4 Å². The molecule has 0 aliphatic carbocycles. The van der Waals surface area contributed by atoms with Crippen LogP contribution >= 0.6 is 15.9 Å². The molecule has 0 aliphatic rings. The van der Waals surface area contributed by atoms with E-state index < -0.39 is 0 Å². The van der Waals surface area contributed by atoms with Crippen molar-refractivity contribution in [1.29, 1.82) is 0 Å². The lowest BCUT2D eigenvalue weighted by Gasteiger charge is -2.08. The van der Waals surface area contributed by atoms with Gasteiger partial charge in [0.15, 0.2) is 0 Å². The second kappa shape index (κ2) is 9.14. The minimum atomic E-state index is -0.379. The second-order valence-corrected chi connectivity index (χ2v) is 5.80. The molecule has 0 unspecified atom stereocenters. The van der Waals surface area contributed by atoms with Crippen molar-refractivity contribution in [2.45, 2.75) is 6.42 Å². The molecule has 7 heteroatoms. The van der Waals surface area contributed by atoms with Crippen LogP contribution in [0.5, 0.6) is 0 Å². The number of carbonyl (C=O) groups is 2. The van der Waals surface area contributed by atoms with Gasteiger partial charge in [-0.05, 0) is 46.6 Å². The molecule has 0 radical (unpaired) electrons. The van der Waals surface area contributed by atoms with Crippen molar-refractivity contribution in [1.82, 2.24) is 10.3 Å². The number of benzene rings is 1. The molecule has 126 valence electrons. The predicted molar refractivity (Wildman–Crippen MR) is 95.2 cm³/mol. The number of para-hydroxylation sites is 1. The molecule has 0 saturated heterocycles. The standard InChI is InChI=1S/C17H18BrN3O3/c1-24-11-5-10-19-16(22)14-8-4-9-15(20-14)17(23)21-13-7-3-2-6-12(13)18/h2-4,6-9H,5,10-11H2,1H3,(H,19,22)(H,21,23). The highest BCUT2D eigenvalue weighted by Crippen LogP contribution is 2.21. The lowest BCUT2D eigenvalue weighted by atomic mass is 10.2. The van der Waals surface area contributed by atoms with Gasteiger partial charge in [-0.25, -0.2) is 4.98 Å². The van der Waals surface area contributed by atoms with E-state index >= 15 is 0 Å². The van der Waals surface area contributed by atoms with E-state index in [1.807, 2.05) is 18.2 Å². The van der Waals surface area contributed by atoms with Gasteiger partial charge in [-0.3, -0.25) is 9.59 Å². The fourth-order valence-corrected chi connectivity index (χ4v) is 2.33. The average Bonchev–Trinajstić information content (AvgIpc) is 2.60. The summed E-state index contributed by atoms with van der Waals surface area (Å²) in [6.45, 7) is 1.06. The maximum atomic E-state index is 12.3. The quantitative estimate of drug-likeness (QED) is 0.711. The van der Waals surface area contributed by atoms with Crippen molar-refractivity contribution < 1.29 is 14.3 Å². The normalized spacial score (nSPS) is 10.2. The Labute approximate surface area is 148 Å². The van der Waals surface area contributed by atoms with E-state index in [0.717, 1.165) is 4.47 Å². The Balaban J connectivity index is 2.02. The van der Waals surface area contributed by atoms with Crippen molar-refractivity contribution in [3.05, 3.63) is 58.3 Å². The van der Waals surface area contributed by atoms with E-state index in [2.05, 4.69) is 31.5 Å². The van der Waals surface area contributed by atoms with Crippen LogP contribution < -0.4 is 10.6 Å². The number of methoxy groups -OCH3 is 1. The molecule has 1 aromatic heterocycles. The Morgan fingerprint density at radius 2 is 1.79 bits per heavy atom. The Kier molecular flexibility index (Phi) is 6.89. The molecule has 2 rings (SSSR count). The molecule has 0 saturated carbocycles. The summed E-state index contributed by atoms with van der Waals surface area (Å²) in [5, 5.41) is 5.49. The van der Waals surface area contributed by atoms with Crippen LogP contribution in [-0.2, 0) is 4.74 Å². The number of rotatable bonds is 7. The number of anilines is 1. The topological polar surface area (TPSA) is 80.3 Å². The summed E-state index contributed by atoms with van der Waals surface area (Å²) in [6.07, 6.45) is 0.713. The first-order chi connectivity index (χ1) is 11.6. The van der Waals surface area contributed by atoms with Crippen LogP contribution in [0.3, 0.4) is 0 Å². The number of amides is 2. The van der Waals surface area contributed by atoms with Gasteiger partial charge in [-0.2, -0.15) is 0 Å². The maximum absolute atomic E-state index is 12.3. The van der Waals surface area contributed by atoms with Crippen molar-refractivity contribution >= 4 is 33.4 Å². The van der Waals surface area contributed by atoms with Gasteiger partial charge >= 0.3 is 0 Å². The van der Waals surface area contributed by atoms with Crippen molar-refractivity contribution in [2.24, 2.45) is 0 Å². The molecule has 0 atom stereocenters. The maximum Gasteiger partial charge on any atom is 0.274 e. The van der Waals surface area contributed by atoms with Gasteiger partial charge in [0.2, 0.25) is 0 Å². The molecule has 24 heavy (non-hydrogen) atoms. The lowest BCUT2D eigenvalue weighted by Crippen LogP contribution is -2.27. The van der Waals surface area contributed by atoms with Crippen LogP contribution in [0, 0.1) is 0 Å². The van der Waals surface area contributed by atoms with Crippen molar-refractivity contribution in [3.63, 3.8) is 0 Å². The molecule has 0 bridgehead atoms. The largest absolute Gasteiger partial charge is 0.385 e. The molecule has 6 nitrogen and oxygen atoms in total. The van der Waals surface area contributed by atoms with E-state index in [4.69, 9.17) is 4.74 Å². The van der Waals surface area contributed by atoms with Crippen LogP contribution in [0.25, 0.3) is 0 Å². The van der Waals surface area contributed by atoms with Crippen LogP contribution in [0.2, 0.25) is 0 Å². The summed E-state index contributed by atoms with van der Waals surface area (Å²) in [6, 6.07) is 12.0. The van der Waals surface area contributed by atoms with Crippen molar-refractivity contribution in [3.8, 4) is 0 Å². The van der Waals surface area contributed by atoms with Crippen LogP contribution in [0.15, 0.2) is 46.9 Å². The number of aromatic nitrogens is 1. The highest BCUT2D eigenvalue weighted by Gasteiger charge is 2.13. The fourth-order valence-electron chi connectivity index (χ4n) is 1.95. The monoisotopic (exact) mass is 391 g/mol. The minimum Gasteiger partial charge on any atom is -0.385 e. The second-order valence-electron chi connectivity index (χ2n) is 4.94. The molecule has 2 amide bonds. The van der Waals surface area contributed by atoms with Gasteiger partial charge < -0.3 is 15.4 Å². The first-order valence-corrected chi connectivity index (χ1v) is 8.21.